The molecule has 16 heavy (non-hydrogen) atoms. The Morgan fingerprint density at radius 3 is 2.69 bits per heavy atom. The lowest BCUT2D eigenvalue weighted by Crippen LogP contribution is -2.16. The van der Waals surface area contributed by atoms with E-state index in [4.69, 9.17) is 4.74 Å². The van der Waals surface area contributed by atoms with Gasteiger partial charge in [0.05, 0.1) is 7.11 Å². The van der Waals surface area contributed by atoms with Gasteiger partial charge in [-0.1, -0.05) is 19.3 Å². The van der Waals surface area contributed by atoms with Crippen LogP contribution in [0.25, 0.3) is 0 Å². The first-order chi connectivity index (χ1) is 7.70. The van der Waals surface area contributed by atoms with E-state index >= 15 is 0 Å². The molecule has 0 aliphatic heterocycles. The van der Waals surface area contributed by atoms with Gasteiger partial charge in [0.2, 0.25) is 0 Å². The van der Waals surface area contributed by atoms with Gasteiger partial charge in [-0.15, -0.1) is 0 Å². The number of aryl methyl sites for hydroxylation is 1. The standard InChI is InChI=1S/C14H18O2/c1-10-8-12(6-7-14(10)16-2)13(15)9-11-4-3-5-11/h6-8,11H,3-5,9H2,1-2H3. The Hall–Kier alpha value is -1.31. The van der Waals surface area contributed by atoms with Gasteiger partial charge < -0.3 is 4.74 Å². The zero-order chi connectivity index (χ0) is 11.5. The quantitative estimate of drug-likeness (QED) is 0.724. The molecule has 0 N–H and O–H groups in total. The molecule has 0 unspecified atom stereocenters. The first kappa shape index (κ1) is 11.2. The minimum Gasteiger partial charge on any atom is -0.496 e. The molecular weight excluding hydrogens is 200 g/mol. The van der Waals surface area contributed by atoms with E-state index in [0.29, 0.717) is 12.3 Å². The molecule has 0 bridgehead atoms. The Labute approximate surface area is 96.6 Å². The van der Waals surface area contributed by atoms with Gasteiger partial charge in [-0.05, 0) is 36.6 Å². The van der Waals surface area contributed by atoms with Gasteiger partial charge >= 0.3 is 0 Å². The summed E-state index contributed by atoms with van der Waals surface area (Å²) < 4.78 is 5.18. The summed E-state index contributed by atoms with van der Waals surface area (Å²) in [6.07, 6.45) is 4.45. The molecule has 86 valence electrons. The van der Waals surface area contributed by atoms with Crippen molar-refractivity contribution in [2.24, 2.45) is 5.92 Å². The van der Waals surface area contributed by atoms with Crippen LogP contribution in [0, 0.1) is 12.8 Å². The van der Waals surface area contributed by atoms with Crippen molar-refractivity contribution in [3.63, 3.8) is 0 Å². The van der Waals surface area contributed by atoms with Crippen LogP contribution in [0.5, 0.6) is 5.75 Å². The summed E-state index contributed by atoms with van der Waals surface area (Å²) in [5, 5.41) is 0. The van der Waals surface area contributed by atoms with Crippen molar-refractivity contribution >= 4 is 5.78 Å². The van der Waals surface area contributed by atoms with Crippen LogP contribution in [-0.2, 0) is 0 Å². The van der Waals surface area contributed by atoms with E-state index in [0.717, 1.165) is 16.9 Å². The van der Waals surface area contributed by atoms with Crippen molar-refractivity contribution < 1.29 is 9.53 Å². The highest BCUT2D eigenvalue weighted by Crippen LogP contribution is 2.31. The molecule has 2 heteroatoms. The van der Waals surface area contributed by atoms with Crippen molar-refractivity contribution in [3.8, 4) is 5.75 Å². The predicted octanol–water partition coefficient (Wildman–Crippen LogP) is 3.38. The number of methoxy groups -OCH3 is 1. The van der Waals surface area contributed by atoms with Gasteiger partial charge in [0.25, 0.3) is 0 Å². The molecule has 2 rings (SSSR count). The maximum absolute atomic E-state index is 12.0. The van der Waals surface area contributed by atoms with E-state index in [-0.39, 0.29) is 5.78 Å². The molecule has 0 atom stereocenters. The molecule has 1 aliphatic rings. The highest BCUT2D eigenvalue weighted by Gasteiger charge is 2.21. The highest BCUT2D eigenvalue weighted by atomic mass is 16.5. The molecule has 1 aromatic carbocycles. The van der Waals surface area contributed by atoms with Gasteiger partial charge in [-0.25, -0.2) is 0 Å². The topological polar surface area (TPSA) is 26.3 Å². The SMILES string of the molecule is COc1ccc(C(=O)CC2CCC2)cc1C. The normalized spacial score (nSPS) is 15.6. The third-order valence-electron chi connectivity index (χ3n) is 3.42. The van der Waals surface area contributed by atoms with Crippen molar-refractivity contribution in [1.82, 2.24) is 0 Å². The maximum Gasteiger partial charge on any atom is 0.163 e. The second-order valence-electron chi connectivity index (χ2n) is 4.61. The Bertz CT molecular complexity index is 392. The maximum atomic E-state index is 12.0. The molecule has 1 saturated carbocycles. The van der Waals surface area contributed by atoms with Crippen molar-refractivity contribution in [3.05, 3.63) is 29.3 Å². The lowest BCUT2D eigenvalue weighted by atomic mass is 9.81. The number of hydrogen-bond donors (Lipinski definition) is 0. The molecule has 0 radical (unpaired) electrons. The molecule has 0 heterocycles. The smallest absolute Gasteiger partial charge is 0.163 e. The zero-order valence-corrected chi connectivity index (χ0v) is 9.95. The van der Waals surface area contributed by atoms with E-state index in [9.17, 15) is 4.79 Å². The minimum absolute atomic E-state index is 0.274. The third-order valence-corrected chi connectivity index (χ3v) is 3.42. The van der Waals surface area contributed by atoms with Gasteiger partial charge in [0.1, 0.15) is 5.75 Å². The summed E-state index contributed by atoms with van der Waals surface area (Å²) in [6, 6.07) is 5.68. The monoisotopic (exact) mass is 218 g/mol. The predicted molar refractivity (Wildman–Crippen MR) is 64.0 cm³/mol. The molecule has 0 amide bonds. The Kier molecular flexibility index (Phi) is 3.28. The summed E-state index contributed by atoms with van der Waals surface area (Å²) in [4.78, 5) is 12.0. The zero-order valence-electron chi connectivity index (χ0n) is 9.95. The number of carbonyl (C=O) groups excluding carboxylic acids is 1. The van der Waals surface area contributed by atoms with Gasteiger partial charge in [0.15, 0.2) is 5.78 Å². The molecule has 1 aromatic rings. The van der Waals surface area contributed by atoms with E-state index in [1.54, 1.807) is 7.11 Å². The van der Waals surface area contributed by atoms with E-state index in [1.165, 1.54) is 19.3 Å². The average molecular weight is 218 g/mol. The number of ketones is 1. The van der Waals surface area contributed by atoms with Gasteiger partial charge in [-0.3, -0.25) is 4.79 Å². The number of Topliss-reactive ketones (excluding diaryl/α,β-unsaturated/α-hetero) is 1. The summed E-state index contributed by atoms with van der Waals surface area (Å²) >= 11 is 0. The van der Waals surface area contributed by atoms with Crippen LogP contribution in [0.15, 0.2) is 18.2 Å². The van der Waals surface area contributed by atoms with E-state index in [2.05, 4.69) is 0 Å². The summed E-state index contributed by atoms with van der Waals surface area (Å²) in [7, 11) is 1.65. The molecule has 0 aromatic heterocycles. The summed E-state index contributed by atoms with van der Waals surface area (Å²) in [5.74, 6) is 1.76. The van der Waals surface area contributed by atoms with Crippen molar-refractivity contribution in [1.29, 1.82) is 0 Å². The van der Waals surface area contributed by atoms with Crippen molar-refractivity contribution in [2.75, 3.05) is 7.11 Å². The first-order valence-electron chi connectivity index (χ1n) is 5.88. The highest BCUT2D eigenvalue weighted by molar-refractivity contribution is 5.96. The van der Waals surface area contributed by atoms with Gasteiger partial charge in [0, 0.05) is 12.0 Å². The summed E-state index contributed by atoms with van der Waals surface area (Å²) in [5.41, 5.74) is 1.85. The number of benzene rings is 1. The van der Waals surface area contributed by atoms with E-state index < -0.39 is 0 Å². The second kappa shape index (κ2) is 4.69. The largest absolute Gasteiger partial charge is 0.496 e. The van der Waals surface area contributed by atoms with Crippen LogP contribution in [0.2, 0.25) is 0 Å². The third kappa shape index (κ3) is 2.26. The minimum atomic E-state index is 0.274. The molecular formula is C14H18O2. The number of hydrogen-bond acceptors (Lipinski definition) is 2. The number of ether oxygens (including phenoxy) is 1. The Morgan fingerprint density at radius 1 is 1.44 bits per heavy atom. The van der Waals surface area contributed by atoms with E-state index in [1.807, 2.05) is 25.1 Å². The van der Waals surface area contributed by atoms with Gasteiger partial charge in [-0.2, -0.15) is 0 Å². The molecule has 0 saturated heterocycles. The average Bonchev–Trinajstić information content (AvgIpc) is 2.23. The Morgan fingerprint density at radius 2 is 2.19 bits per heavy atom. The molecule has 1 fully saturated rings. The fourth-order valence-corrected chi connectivity index (χ4v) is 2.13. The lowest BCUT2D eigenvalue weighted by molar-refractivity contribution is 0.0936. The van der Waals surface area contributed by atoms with Crippen LogP contribution >= 0.6 is 0 Å². The molecule has 1 aliphatic carbocycles. The van der Waals surface area contributed by atoms with Crippen LogP contribution < -0.4 is 4.74 Å². The fourth-order valence-electron chi connectivity index (χ4n) is 2.13. The molecule has 2 nitrogen and oxygen atoms in total. The van der Waals surface area contributed by atoms with Crippen LogP contribution in [-0.4, -0.2) is 12.9 Å². The lowest BCUT2D eigenvalue weighted by Gasteiger charge is -2.24. The first-order valence-corrected chi connectivity index (χ1v) is 5.88. The van der Waals surface area contributed by atoms with Crippen LogP contribution in [0.3, 0.4) is 0 Å². The second-order valence-corrected chi connectivity index (χ2v) is 4.61. The van der Waals surface area contributed by atoms with Crippen LogP contribution in [0.4, 0.5) is 0 Å². The van der Waals surface area contributed by atoms with Crippen molar-refractivity contribution in [2.45, 2.75) is 32.6 Å². The molecule has 0 spiro atoms. The summed E-state index contributed by atoms with van der Waals surface area (Å²) in [6.45, 7) is 1.97. The fraction of sp³-hybridized carbons (Fsp3) is 0.500. The number of carbonyl (C=O) groups is 1. The van der Waals surface area contributed by atoms with Crippen LogP contribution in [0.1, 0.15) is 41.6 Å². The number of rotatable bonds is 4. The Balaban J connectivity index is 2.07.